The van der Waals surface area contributed by atoms with E-state index in [9.17, 15) is 14.4 Å². The lowest BCUT2D eigenvalue weighted by molar-refractivity contribution is -0.152. The molecule has 4 rings (SSSR count). The number of carbonyl (C=O) groups excluding carboxylic acids is 3. The quantitative estimate of drug-likeness (QED) is 0.147. The fraction of sp³-hybridized carbons (Fsp3) is 0.250. The molecule has 4 aromatic rings. The summed E-state index contributed by atoms with van der Waals surface area (Å²) < 4.78 is 11.2. The number of ether oxygens (including phenoxy) is 2. The summed E-state index contributed by atoms with van der Waals surface area (Å²) in [6.45, 7) is 1.60. The van der Waals surface area contributed by atoms with Gasteiger partial charge in [0.1, 0.15) is 25.8 Å². The molecule has 228 valence electrons. The van der Waals surface area contributed by atoms with E-state index in [4.69, 9.17) is 9.47 Å². The van der Waals surface area contributed by atoms with Crippen LogP contribution in [0.5, 0.6) is 0 Å². The molecule has 44 heavy (non-hydrogen) atoms. The first-order valence-electron chi connectivity index (χ1n) is 14.7. The molecule has 2 atom stereocenters. The van der Waals surface area contributed by atoms with Crippen molar-refractivity contribution in [2.45, 2.75) is 45.1 Å². The molecule has 0 aliphatic rings. The van der Waals surface area contributed by atoms with E-state index in [-0.39, 0.29) is 19.8 Å². The maximum atomic E-state index is 13.9. The van der Waals surface area contributed by atoms with Crippen LogP contribution in [0.2, 0.25) is 0 Å². The summed E-state index contributed by atoms with van der Waals surface area (Å²) in [5, 5.41) is 6.16. The zero-order valence-corrected chi connectivity index (χ0v) is 25.2. The molecule has 0 aromatic heterocycles. The van der Waals surface area contributed by atoms with Gasteiger partial charge in [-0.1, -0.05) is 109 Å². The van der Waals surface area contributed by atoms with Crippen molar-refractivity contribution in [3.8, 4) is 0 Å². The van der Waals surface area contributed by atoms with Crippen LogP contribution in [0.4, 0.5) is 5.69 Å². The highest BCUT2D eigenvalue weighted by Gasteiger charge is 2.31. The molecule has 1 N–H and O–H groups in total. The first-order chi connectivity index (χ1) is 21.4. The van der Waals surface area contributed by atoms with Gasteiger partial charge in [0.05, 0.1) is 11.7 Å². The maximum Gasteiger partial charge on any atom is 0.328 e. The van der Waals surface area contributed by atoms with E-state index >= 15 is 0 Å². The van der Waals surface area contributed by atoms with Crippen LogP contribution in [-0.2, 0) is 43.5 Å². The van der Waals surface area contributed by atoms with Gasteiger partial charge in [0.15, 0.2) is 0 Å². The smallest absolute Gasteiger partial charge is 0.328 e. The number of hydrogen-bond donors (Lipinski definition) is 1. The molecular weight excluding hydrogens is 554 g/mol. The number of aryl methyl sites for hydroxylation is 1. The van der Waals surface area contributed by atoms with Crippen molar-refractivity contribution in [2.75, 3.05) is 18.6 Å². The molecule has 0 saturated heterocycles. The fourth-order valence-electron chi connectivity index (χ4n) is 4.67. The first kappa shape index (κ1) is 32.0. The maximum absolute atomic E-state index is 13.9. The van der Waals surface area contributed by atoms with Crippen LogP contribution in [0.1, 0.15) is 30.0 Å². The van der Waals surface area contributed by atoms with Crippen LogP contribution >= 0.6 is 0 Å². The number of amides is 1. The number of para-hydroxylation sites is 1. The van der Waals surface area contributed by atoms with Gasteiger partial charge in [-0.3, -0.25) is 24.7 Å². The number of esters is 2. The Balaban J connectivity index is 1.47. The van der Waals surface area contributed by atoms with Crippen LogP contribution in [0, 0.1) is 0 Å². The van der Waals surface area contributed by atoms with Gasteiger partial charge >= 0.3 is 11.9 Å². The van der Waals surface area contributed by atoms with E-state index in [1.807, 2.05) is 121 Å². The monoisotopic (exact) mass is 593 g/mol. The highest BCUT2D eigenvalue weighted by Crippen LogP contribution is 2.16. The molecule has 4 aromatic carbocycles. The van der Waals surface area contributed by atoms with Gasteiger partial charge < -0.3 is 9.47 Å². The van der Waals surface area contributed by atoms with E-state index in [1.54, 1.807) is 19.0 Å². The predicted molar refractivity (Wildman–Crippen MR) is 170 cm³/mol. The number of nitrogens with one attached hydrogen (secondary N) is 1. The third-order valence-corrected chi connectivity index (χ3v) is 7.16. The Morgan fingerprint density at radius 2 is 1.16 bits per heavy atom. The molecule has 0 bridgehead atoms. The van der Waals surface area contributed by atoms with Crippen LogP contribution in [0.15, 0.2) is 121 Å². The highest BCUT2D eigenvalue weighted by atomic mass is 16.5. The summed E-state index contributed by atoms with van der Waals surface area (Å²) in [6, 6.07) is 36.3. The number of hydrazine groups is 1. The van der Waals surface area contributed by atoms with Crippen LogP contribution in [0.25, 0.3) is 0 Å². The average Bonchev–Trinajstić information content (AvgIpc) is 3.08. The van der Waals surface area contributed by atoms with Crippen molar-refractivity contribution < 1.29 is 23.9 Å². The molecule has 8 nitrogen and oxygen atoms in total. The number of benzene rings is 4. The summed E-state index contributed by atoms with van der Waals surface area (Å²) in [7, 11) is 1.71. The second-order valence-electron chi connectivity index (χ2n) is 10.5. The van der Waals surface area contributed by atoms with Gasteiger partial charge in [-0.15, -0.1) is 0 Å². The number of nitrogens with zero attached hydrogens (tertiary/aromatic N) is 2. The Bertz CT molecular complexity index is 1450. The summed E-state index contributed by atoms with van der Waals surface area (Å²) in [6.07, 6.45) is 1.03. The lowest BCUT2D eigenvalue weighted by Gasteiger charge is -2.35. The highest BCUT2D eigenvalue weighted by molar-refractivity contribution is 5.87. The molecule has 0 saturated carbocycles. The van der Waals surface area contributed by atoms with Crippen molar-refractivity contribution in [1.29, 1.82) is 0 Å². The molecule has 0 aliphatic heterocycles. The van der Waals surface area contributed by atoms with E-state index in [1.165, 1.54) is 5.01 Å². The van der Waals surface area contributed by atoms with Crippen molar-refractivity contribution in [3.05, 3.63) is 138 Å². The van der Waals surface area contributed by atoms with Crippen molar-refractivity contribution >= 4 is 23.5 Å². The molecular formula is C36H39N3O5. The third kappa shape index (κ3) is 9.81. The van der Waals surface area contributed by atoms with E-state index in [2.05, 4.69) is 5.32 Å². The van der Waals surface area contributed by atoms with Crippen molar-refractivity contribution in [2.24, 2.45) is 0 Å². The second-order valence-corrected chi connectivity index (χ2v) is 10.5. The summed E-state index contributed by atoms with van der Waals surface area (Å²) in [4.78, 5) is 40.2. The summed E-state index contributed by atoms with van der Waals surface area (Å²) in [5.74, 6) is -1.40. The van der Waals surface area contributed by atoms with E-state index in [0.29, 0.717) is 18.5 Å². The molecule has 0 fully saturated rings. The minimum absolute atomic E-state index is 0.0966. The lowest BCUT2D eigenvalue weighted by atomic mass is 10.0. The van der Waals surface area contributed by atoms with E-state index in [0.717, 1.165) is 16.7 Å². The minimum atomic E-state index is -0.826. The van der Waals surface area contributed by atoms with Gasteiger partial charge in [0.2, 0.25) is 0 Å². The predicted octanol–water partition coefficient (Wildman–Crippen LogP) is 5.33. The molecule has 8 heteroatoms. The minimum Gasteiger partial charge on any atom is -0.460 e. The lowest BCUT2D eigenvalue weighted by Crippen LogP contribution is -2.56. The van der Waals surface area contributed by atoms with Crippen molar-refractivity contribution in [1.82, 2.24) is 10.3 Å². The Morgan fingerprint density at radius 3 is 1.70 bits per heavy atom. The molecule has 0 spiro atoms. The van der Waals surface area contributed by atoms with Gasteiger partial charge in [-0.25, -0.2) is 5.01 Å². The normalized spacial score (nSPS) is 12.0. The van der Waals surface area contributed by atoms with Crippen LogP contribution in [-0.4, -0.2) is 48.5 Å². The third-order valence-electron chi connectivity index (χ3n) is 7.16. The van der Waals surface area contributed by atoms with Gasteiger partial charge in [-0.05, 0) is 48.6 Å². The fourth-order valence-corrected chi connectivity index (χ4v) is 4.67. The second kappa shape index (κ2) is 16.6. The van der Waals surface area contributed by atoms with Crippen LogP contribution < -0.4 is 10.3 Å². The molecule has 0 radical (unpaired) electrons. The Hall–Kier alpha value is -4.95. The number of carbonyl (C=O) groups is 3. The summed E-state index contributed by atoms with van der Waals surface area (Å²) >= 11 is 0. The first-order valence-corrected chi connectivity index (χ1v) is 14.7. The Morgan fingerprint density at radius 1 is 0.682 bits per heavy atom. The topological polar surface area (TPSA) is 88.2 Å². The van der Waals surface area contributed by atoms with Gasteiger partial charge in [0, 0.05) is 7.05 Å². The zero-order valence-electron chi connectivity index (χ0n) is 25.2. The average molecular weight is 594 g/mol. The number of anilines is 1. The summed E-state index contributed by atoms with van der Waals surface area (Å²) in [5.41, 5.74) is 3.50. The van der Waals surface area contributed by atoms with Crippen molar-refractivity contribution in [3.63, 3.8) is 0 Å². The molecule has 0 heterocycles. The SMILES string of the molecule is C[C@@H](NC(CCc1ccccc1)C(=O)OCc1ccccc1)C(=O)N(CC(=O)OCc1ccccc1)N(C)c1ccccc1. The van der Waals surface area contributed by atoms with Crippen LogP contribution in [0.3, 0.4) is 0 Å². The largest absolute Gasteiger partial charge is 0.460 e. The number of hydrogen-bond acceptors (Lipinski definition) is 7. The van der Waals surface area contributed by atoms with Gasteiger partial charge in [0.25, 0.3) is 5.91 Å². The Kier molecular flexibility index (Phi) is 12.1. The molecule has 1 amide bonds. The Labute approximate surface area is 259 Å². The van der Waals surface area contributed by atoms with E-state index < -0.39 is 29.9 Å². The van der Waals surface area contributed by atoms with Gasteiger partial charge in [-0.2, -0.15) is 0 Å². The molecule has 1 unspecified atom stereocenters. The molecule has 0 aliphatic carbocycles. The number of rotatable bonds is 15. The standard InChI is InChI=1S/C36H39N3O5/c1-28(37-33(24-23-29-15-7-3-8-16-29)36(42)44-27-31-19-11-5-12-20-31)35(41)39(38(2)32-21-13-6-14-22-32)25-34(40)43-26-30-17-9-4-10-18-30/h3-22,28,33,37H,23-27H2,1-2H3/t28-,33?/m1/s1. The zero-order chi connectivity index (χ0) is 31.1.